The fourth-order valence-electron chi connectivity index (χ4n) is 1.65. The van der Waals surface area contributed by atoms with Crippen molar-refractivity contribution in [2.75, 3.05) is 12.4 Å². The van der Waals surface area contributed by atoms with E-state index >= 15 is 0 Å². The first-order valence-corrected chi connectivity index (χ1v) is 4.53. The summed E-state index contributed by atoms with van der Waals surface area (Å²) in [5.74, 6) is 0.860. The Morgan fingerprint density at radius 3 is 2.86 bits per heavy atom. The van der Waals surface area contributed by atoms with Crippen LogP contribution in [0.3, 0.4) is 0 Å². The van der Waals surface area contributed by atoms with Gasteiger partial charge in [0.05, 0.1) is 7.11 Å². The first-order valence-electron chi connectivity index (χ1n) is 4.53. The van der Waals surface area contributed by atoms with Crippen LogP contribution in [0.25, 0.3) is 5.57 Å². The lowest BCUT2D eigenvalue weighted by atomic mass is 10.0. The lowest BCUT2D eigenvalue weighted by molar-refractivity contribution is 0.415. The molecule has 1 heterocycles. The van der Waals surface area contributed by atoms with Crippen molar-refractivity contribution >= 4 is 11.3 Å². The van der Waals surface area contributed by atoms with E-state index in [1.165, 1.54) is 11.1 Å². The van der Waals surface area contributed by atoms with Crippen molar-refractivity contribution in [1.29, 1.82) is 0 Å². The van der Waals surface area contributed by atoms with Crippen molar-refractivity contribution in [3.05, 3.63) is 42.1 Å². The molecule has 0 saturated carbocycles. The van der Waals surface area contributed by atoms with Gasteiger partial charge in [-0.25, -0.2) is 0 Å². The number of fused-ring (bicyclic) bond motifs is 1. The molecule has 2 nitrogen and oxygen atoms in total. The summed E-state index contributed by atoms with van der Waals surface area (Å²) in [6.45, 7) is 5.97. The van der Waals surface area contributed by atoms with E-state index in [0.717, 1.165) is 17.1 Å². The normalized spacial score (nSPS) is 14.1. The molecule has 0 spiro atoms. The van der Waals surface area contributed by atoms with E-state index in [1.807, 2.05) is 18.2 Å². The number of hydrogen-bond donors (Lipinski definition) is 1. The molecule has 1 N–H and O–H groups in total. The lowest BCUT2D eigenvalue weighted by Gasteiger charge is -2.19. The molecule has 0 fully saturated rings. The quantitative estimate of drug-likeness (QED) is 0.729. The summed E-state index contributed by atoms with van der Waals surface area (Å²) < 4.78 is 5.16. The molecular weight excluding hydrogens is 174 g/mol. The van der Waals surface area contributed by atoms with Crippen molar-refractivity contribution in [2.45, 2.75) is 6.92 Å². The highest BCUT2D eigenvalue weighted by Crippen LogP contribution is 2.32. The molecule has 0 bridgehead atoms. The Labute approximate surface area is 83.9 Å². The number of nitrogens with one attached hydrogen (secondary N) is 1. The predicted molar refractivity (Wildman–Crippen MR) is 59.4 cm³/mol. The molecular formula is C12H13NO. The van der Waals surface area contributed by atoms with Gasteiger partial charge in [0.1, 0.15) is 5.75 Å². The SMILES string of the molecule is C=C1C=C(C)c2ccc(OC)cc2N1. The molecule has 0 amide bonds. The second kappa shape index (κ2) is 3.22. The summed E-state index contributed by atoms with van der Waals surface area (Å²) in [5.41, 5.74) is 4.42. The molecule has 0 aromatic heterocycles. The standard InChI is InChI=1S/C12H13NO/c1-8-6-9(2)13-12-7-10(14-3)4-5-11(8)12/h4-7,13H,2H2,1,3H3. The summed E-state index contributed by atoms with van der Waals surface area (Å²) in [5, 5.41) is 3.21. The van der Waals surface area contributed by atoms with Gasteiger partial charge in [0.15, 0.2) is 0 Å². The Morgan fingerprint density at radius 1 is 1.36 bits per heavy atom. The number of rotatable bonds is 1. The highest BCUT2D eigenvalue weighted by Gasteiger charge is 2.11. The largest absolute Gasteiger partial charge is 0.497 e. The minimum absolute atomic E-state index is 0.860. The van der Waals surface area contributed by atoms with Crippen molar-refractivity contribution < 1.29 is 4.74 Å². The first kappa shape index (κ1) is 8.88. The third-order valence-corrected chi connectivity index (χ3v) is 2.34. The van der Waals surface area contributed by atoms with Crippen molar-refractivity contribution in [3.63, 3.8) is 0 Å². The van der Waals surface area contributed by atoms with Crippen LogP contribution in [-0.2, 0) is 0 Å². The van der Waals surface area contributed by atoms with Gasteiger partial charge in [-0.1, -0.05) is 6.58 Å². The van der Waals surface area contributed by atoms with Crippen LogP contribution in [0.15, 0.2) is 36.6 Å². The Kier molecular flexibility index (Phi) is 2.04. The topological polar surface area (TPSA) is 21.3 Å². The molecule has 0 saturated heterocycles. The number of allylic oxidation sites excluding steroid dienone is 2. The van der Waals surface area contributed by atoms with Crippen LogP contribution >= 0.6 is 0 Å². The lowest BCUT2D eigenvalue weighted by Crippen LogP contribution is -2.04. The maximum atomic E-state index is 5.16. The minimum Gasteiger partial charge on any atom is -0.497 e. The summed E-state index contributed by atoms with van der Waals surface area (Å²) >= 11 is 0. The summed E-state index contributed by atoms with van der Waals surface area (Å²) in [6.07, 6.45) is 2.04. The second-order valence-corrected chi connectivity index (χ2v) is 3.39. The minimum atomic E-state index is 0.860. The smallest absolute Gasteiger partial charge is 0.120 e. The molecule has 1 aliphatic rings. The average molecular weight is 187 g/mol. The maximum absolute atomic E-state index is 5.16. The first-order chi connectivity index (χ1) is 6.70. The van der Waals surface area contributed by atoms with E-state index in [0.29, 0.717) is 0 Å². The maximum Gasteiger partial charge on any atom is 0.120 e. The molecule has 0 radical (unpaired) electrons. The fourth-order valence-corrected chi connectivity index (χ4v) is 1.65. The van der Waals surface area contributed by atoms with E-state index in [-0.39, 0.29) is 0 Å². The van der Waals surface area contributed by atoms with Crippen molar-refractivity contribution in [3.8, 4) is 5.75 Å². The fraction of sp³-hybridized carbons (Fsp3) is 0.167. The van der Waals surface area contributed by atoms with Gasteiger partial charge in [0.25, 0.3) is 0 Å². The summed E-state index contributed by atoms with van der Waals surface area (Å²) in [6, 6.07) is 6.00. The van der Waals surface area contributed by atoms with E-state index in [1.54, 1.807) is 7.11 Å². The second-order valence-electron chi connectivity index (χ2n) is 3.39. The molecule has 2 rings (SSSR count). The molecule has 1 aliphatic heterocycles. The van der Waals surface area contributed by atoms with E-state index in [9.17, 15) is 0 Å². The number of anilines is 1. The third-order valence-electron chi connectivity index (χ3n) is 2.34. The third kappa shape index (κ3) is 1.39. The van der Waals surface area contributed by atoms with Gasteiger partial charge in [0, 0.05) is 23.0 Å². The van der Waals surface area contributed by atoms with Crippen LogP contribution in [0.2, 0.25) is 0 Å². The molecule has 2 heteroatoms. The van der Waals surface area contributed by atoms with Gasteiger partial charge < -0.3 is 10.1 Å². The Bertz CT molecular complexity index is 418. The summed E-state index contributed by atoms with van der Waals surface area (Å²) in [4.78, 5) is 0. The van der Waals surface area contributed by atoms with Crippen LogP contribution in [0.1, 0.15) is 12.5 Å². The highest BCUT2D eigenvalue weighted by atomic mass is 16.5. The molecule has 14 heavy (non-hydrogen) atoms. The van der Waals surface area contributed by atoms with Gasteiger partial charge in [-0.3, -0.25) is 0 Å². The molecule has 0 unspecified atom stereocenters. The number of hydrogen-bond acceptors (Lipinski definition) is 2. The highest BCUT2D eigenvalue weighted by molar-refractivity contribution is 5.82. The van der Waals surface area contributed by atoms with E-state index in [4.69, 9.17) is 4.74 Å². The predicted octanol–water partition coefficient (Wildman–Crippen LogP) is 3.04. The Morgan fingerprint density at radius 2 is 2.14 bits per heavy atom. The van der Waals surface area contributed by atoms with Gasteiger partial charge >= 0.3 is 0 Å². The molecule has 1 aromatic rings. The van der Waals surface area contributed by atoms with Gasteiger partial charge in [-0.2, -0.15) is 0 Å². The zero-order valence-electron chi connectivity index (χ0n) is 8.42. The monoisotopic (exact) mass is 187 g/mol. The zero-order valence-corrected chi connectivity index (χ0v) is 8.42. The van der Waals surface area contributed by atoms with Crippen molar-refractivity contribution in [2.24, 2.45) is 0 Å². The van der Waals surface area contributed by atoms with E-state index < -0.39 is 0 Å². The summed E-state index contributed by atoms with van der Waals surface area (Å²) in [7, 11) is 1.67. The van der Waals surface area contributed by atoms with Crippen LogP contribution in [0.4, 0.5) is 5.69 Å². The Balaban J connectivity index is 2.52. The van der Waals surface area contributed by atoms with E-state index in [2.05, 4.69) is 24.9 Å². The number of ether oxygens (including phenoxy) is 1. The van der Waals surface area contributed by atoms with Crippen molar-refractivity contribution in [1.82, 2.24) is 0 Å². The van der Waals surface area contributed by atoms with Gasteiger partial charge in [-0.05, 0) is 30.7 Å². The Hall–Kier alpha value is -1.70. The van der Waals surface area contributed by atoms with Gasteiger partial charge in [-0.15, -0.1) is 0 Å². The van der Waals surface area contributed by atoms with Crippen LogP contribution in [0, 0.1) is 0 Å². The molecule has 72 valence electrons. The van der Waals surface area contributed by atoms with Crippen LogP contribution in [-0.4, -0.2) is 7.11 Å². The number of methoxy groups -OCH3 is 1. The molecule has 0 atom stereocenters. The van der Waals surface area contributed by atoms with Crippen LogP contribution in [0.5, 0.6) is 5.75 Å². The van der Waals surface area contributed by atoms with Crippen LogP contribution < -0.4 is 10.1 Å². The molecule has 1 aromatic carbocycles. The average Bonchev–Trinajstić information content (AvgIpc) is 2.16. The zero-order chi connectivity index (χ0) is 10.1. The molecule has 0 aliphatic carbocycles. The number of benzene rings is 1. The van der Waals surface area contributed by atoms with Gasteiger partial charge in [0.2, 0.25) is 0 Å².